The number of hydrogen-bond acceptors (Lipinski definition) is 4. The molecule has 0 aromatic heterocycles. The molecule has 0 heterocycles. The van der Waals surface area contributed by atoms with Gasteiger partial charge in [-0.05, 0) is 31.0 Å². The molecule has 0 saturated heterocycles. The molecule has 0 aliphatic carbocycles. The zero-order valence-corrected chi connectivity index (χ0v) is 13.1. The molecule has 0 bridgehead atoms. The average Bonchev–Trinajstić information content (AvgIpc) is 2.51. The van der Waals surface area contributed by atoms with Crippen LogP contribution in [0.3, 0.4) is 0 Å². The molecule has 1 rings (SSSR count). The molecule has 0 spiro atoms. The van der Waals surface area contributed by atoms with E-state index in [1.807, 2.05) is 6.92 Å². The second-order valence-electron chi connectivity index (χ2n) is 4.89. The molecule has 0 aliphatic heterocycles. The van der Waals surface area contributed by atoms with Crippen LogP contribution in [0.15, 0.2) is 24.3 Å². The highest BCUT2D eigenvalue weighted by Gasteiger charge is 2.06. The monoisotopic (exact) mass is 322 g/mol. The Labute approximate surface area is 135 Å². The lowest BCUT2D eigenvalue weighted by Crippen LogP contribution is -2.30. The van der Waals surface area contributed by atoms with Gasteiger partial charge in [0.25, 0.3) is 0 Å². The van der Waals surface area contributed by atoms with Gasteiger partial charge in [0, 0.05) is 25.3 Å². The fraction of sp³-hybridized carbons (Fsp3) is 0.438. The third kappa shape index (κ3) is 8.57. The lowest BCUT2D eigenvalue weighted by Gasteiger charge is -2.07. The van der Waals surface area contributed by atoms with Gasteiger partial charge in [0.1, 0.15) is 6.54 Å². The Morgan fingerprint density at radius 3 is 2.43 bits per heavy atom. The van der Waals surface area contributed by atoms with Crippen LogP contribution in [0, 0.1) is 0 Å². The molecule has 0 aliphatic rings. The van der Waals surface area contributed by atoms with Crippen molar-refractivity contribution in [3.05, 3.63) is 29.8 Å². The Morgan fingerprint density at radius 2 is 1.83 bits per heavy atom. The van der Waals surface area contributed by atoms with Crippen LogP contribution in [-0.4, -0.2) is 42.6 Å². The van der Waals surface area contributed by atoms with E-state index in [0.29, 0.717) is 31.7 Å². The number of nitrogens with one attached hydrogen (secondary N) is 2. The highest BCUT2D eigenvalue weighted by atomic mass is 16.5. The van der Waals surface area contributed by atoms with E-state index in [-0.39, 0.29) is 18.2 Å². The van der Waals surface area contributed by atoms with Gasteiger partial charge in [-0.3, -0.25) is 14.4 Å². The zero-order valence-electron chi connectivity index (χ0n) is 13.1. The summed E-state index contributed by atoms with van der Waals surface area (Å²) < 4.78 is 5.17. The minimum atomic E-state index is -1.08. The van der Waals surface area contributed by atoms with E-state index < -0.39 is 12.5 Å². The topological polar surface area (TPSA) is 105 Å². The third-order valence-electron chi connectivity index (χ3n) is 2.94. The molecule has 3 N–H and O–H groups in total. The number of ether oxygens (including phenoxy) is 1. The van der Waals surface area contributed by atoms with Gasteiger partial charge in [0.2, 0.25) is 11.8 Å². The van der Waals surface area contributed by atoms with Gasteiger partial charge in [-0.1, -0.05) is 12.1 Å². The molecule has 0 unspecified atom stereocenters. The number of amides is 2. The van der Waals surface area contributed by atoms with Crippen LogP contribution in [0.1, 0.15) is 25.3 Å². The lowest BCUT2D eigenvalue weighted by atomic mass is 10.1. The van der Waals surface area contributed by atoms with Gasteiger partial charge in [-0.2, -0.15) is 0 Å². The standard InChI is InChI=1S/C16H22N2O5/c1-2-23-9-3-4-14(19)18-13-7-5-12(6-8-13)10-15(20)17-11-16(21)22/h5-8H,2-4,9-11H2,1H3,(H,17,20)(H,18,19)(H,21,22). The van der Waals surface area contributed by atoms with E-state index in [0.717, 1.165) is 5.56 Å². The summed E-state index contributed by atoms with van der Waals surface area (Å²) in [7, 11) is 0. The van der Waals surface area contributed by atoms with E-state index in [2.05, 4.69) is 10.6 Å². The Morgan fingerprint density at radius 1 is 1.13 bits per heavy atom. The zero-order chi connectivity index (χ0) is 17.1. The fourth-order valence-corrected chi connectivity index (χ4v) is 1.83. The number of benzene rings is 1. The van der Waals surface area contributed by atoms with Gasteiger partial charge < -0.3 is 20.5 Å². The van der Waals surface area contributed by atoms with Crippen LogP contribution in [0.4, 0.5) is 5.69 Å². The first-order valence-corrected chi connectivity index (χ1v) is 7.46. The Balaban J connectivity index is 2.36. The maximum atomic E-state index is 11.7. The van der Waals surface area contributed by atoms with Crippen molar-refractivity contribution in [3.63, 3.8) is 0 Å². The normalized spacial score (nSPS) is 10.1. The SMILES string of the molecule is CCOCCCC(=O)Nc1ccc(CC(=O)NCC(=O)O)cc1. The third-order valence-corrected chi connectivity index (χ3v) is 2.94. The number of hydrogen-bond donors (Lipinski definition) is 3. The number of rotatable bonds is 10. The summed E-state index contributed by atoms with van der Waals surface area (Å²) in [6.45, 7) is 2.72. The summed E-state index contributed by atoms with van der Waals surface area (Å²) in [5.74, 6) is -1.53. The molecule has 1 aromatic rings. The minimum absolute atomic E-state index is 0.0864. The molecule has 7 nitrogen and oxygen atoms in total. The molecule has 1 aromatic carbocycles. The Hall–Kier alpha value is -2.41. The number of carboxylic acid groups (broad SMARTS) is 1. The highest BCUT2D eigenvalue weighted by molar-refractivity contribution is 5.90. The van der Waals surface area contributed by atoms with Crippen LogP contribution in [0.2, 0.25) is 0 Å². The predicted molar refractivity (Wildman–Crippen MR) is 85.1 cm³/mol. The Bertz CT molecular complexity index is 528. The predicted octanol–water partition coefficient (Wildman–Crippen LogP) is 1.19. The molecule has 23 heavy (non-hydrogen) atoms. The quantitative estimate of drug-likeness (QED) is 0.561. The van der Waals surface area contributed by atoms with E-state index in [1.165, 1.54) is 0 Å². The molecule has 0 fully saturated rings. The van der Waals surface area contributed by atoms with Gasteiger partial charge in [-0.15, -0.1) is 0 Å². The van der Waals surface area contributed by atoms with Crippen LogP contribution in [0.25, 0.3) is 0 Å². The van der Waals surface area contributed by atoms with E-state index in [4.69, 9.17) is 9.84 Å². The van der Waals surface area contributed by atoms with E-state index in [1.54, 1.807) is 24.3 Å². The smallest absolute Gasteiger partial charge is 0.322 e. The number of carboxylic acids is 1. The van der Waals surface area contributed by atoms with Crippen LogP contribution in [-0.2, 0) is 25.5 Å². The molecule has 0 atom stereocenters. The number of anilines is 1. The van der Waals surface area contributed by atoms with Crippen molar-refractivity contribution in [3.8, 4) is 0 Å². The minimum Gasteiger partial charge on any atom is -0.480 e. The maximum Gasteiger partial charge on any atom is 0.322 e. The average molecular weight is 322 g/mol. The van der Waals surface area contributed by atoms with E-state index >= 15 is 0 Å². The fourth-order valence-electron chi connectivity index (χ4n) is 1.83. The van der Waals surface area contributed by atoms with Gasteiger partial charge in [0.05, 0.1) is 6.42 Å². The van der Waals surface area contributed by atoms with Crippen molar-refractivity contribution in [1.29, 1.82) is 0 Å². The summed E-state index contributed by atoms with van der Waals surface area (Å²) in [5, 5.41) is 13.5. The summed E-state index contributed by atoms with van der Waals surface area (Å²) in [6, 6.07) is 6.85. The molecule has 0 radical (unpaired) electrons. The van der Waals surface area contributed by atoms with Crippen LogP contribution < -0.4 is 10.6 Å². The van der Waals surface area contributed by atoms with Crippen molar-refractivity contribution >= 4 is 23.5 Å². The molecule has 126 valence electrons. The first kappa shape index (κ1) is 18.6. The number of carbonyl (C=O) groups is 3. The van der Waals surface area contributed by atoms with Gasteiger partial charge >= 0.3 is 5.97 Å². The second kappa shape index (κ2) is 10.3. The van der Waals surface area contributed by atoms with Gasteiger partial charge in [-0.25, -0.2) is 0 Å². The van der Waals surface area contributed by atoms with Gasteiger partial charge in [0.15, 0.2) is 0 Å². The molecule has 7 heteroatoms. The molecular weight excluding hydrogens is 300 g/mol. The van der Waals surface area contributed by atoms with Crippen molar-refractivity contribution < 1.29 is 24.2 Å². The van der Waals surface area contributed by atoms with Crippen LogP contribution in [0.5, 0.6) is 0 Å². The second-order valence-corrected chi connectivity index (χ2v) is 4.89. The molecule has 2 amide bonds. The van der Waals surface area contributed by atoms with E-state index in [9.17, 15) is 14.4 Å². The largest absolute Gasteiger partial charge is 0.480 e. The Kier molecular flexibility index (Phi) is 8.38. The number of aliphatic carboxylic acids is 1. The summed E-state index contributed by atoms with van der Waals surface area (Å²) in [4.78, 5) is 33.5. The maximum absolute atomic E-state index is 11.7. The first-order valence-electron chi connectivity index (χ1n) is 7.46. The summed E-state index contributed by atoms with van der Waals surface area (Å²) in [5.41, 5.74) is 1.39. The van der Waals surface area contributed by atoms with Crippen molar-refractivity contribution in [1.82, 2.24) is 5.32 Å². The molecule has 0 saturated carbocycles. The lowest BCUT2D eigenvalue weighted by molar-refractivity contribution is -0.137. The van der Waals surface area contributed by atoms with Crippen molar-refractivity contribution in [2.45, 2.75) is 26.2 Å². The van der Waals surface area contributed by atoms with Crippen LogP contribution >= 0.6 is 0 Å². The van der Waals surface area contributed by atoms with Crippen molar-refractivity contribution in [2.75, 3.05) is 25.1 Å². The summed E-state index contributed by atoms with van der Waals surface area (Å²) >= 11 is 0. The first-order chi connectivity index (χ1) is 11.0. The number of carbonyl (C=O) groups excluding carboxylic acids is 2. The summed E-state index contributed by atoms with van der Waals surface area (Å²) in [6.07, 6.45) is 1.15. The highest BCUT2D eigenvalue weighted by Crippen LogP contribution is 2.11. The van der Waals surface area contributed by atoms with Crippen molar-refractivity contribution in [2.24, 2.45) is 0 Å². The molecular formula is C16H22N2O5.